The molecule has 2 aromatic rings. The largest absolute Gasteiger partial charge is 0.497 e. The van der Waals surface area contributed by atoms with Gasteiger partial charge in [0.2, 0.25) is 11.0 Å². The number of carbonyl (C=O) groups excluding carboxylic acids is 1. The van der Waals surface area contributed by atoms with Crippen LogP contribution in [0.25, 0.3) is 0 Å². The predicted molar refractivity (Wildman–Crippen MR) is 85.3 cm³/mol. The smallest absolute Gasteiger partial charge is 0.230 e. The van der Waals surface area contributed by atoms with Gasteiger partial charge >= 0.3 is 0 Å². The summed E-state index contributed by atoms with van der Waals surface area (Å²) < 4.78 is 5.21. The van der Waals surface area contributed by atoms with Crippen molar-refractivity contribution in [2.45, 2.75) is 12.8 Å². The Hall–Kier alpha value is -1.99. The minimum absolute atomic E-state index is 0.0223. The number of amides is 1. The molecule has 0 saturated carbocycles. The van der Waals surface area contributed by atoms with Gasteiger partial charge in [-0.1, -0.05) is 23.5 Å². The Morgan fingerprint density at radius 3 is 3.18 bits per heavy atom. The molecule has 1 aliphatic rings. The lowest BCUT2D eigenvalue weighted by Crippen LogP contribution is -2.24. The van der Waals surface area contributed by atoms with Crippen molar-refractivity contribution in [2.24, 2.45) is 5.92 Å². The minimum Gasteiger partial charge on any atom is -0.497 e. The number of benzene rings is 1. The lowest BCUT2D eigenvalue weighted by molar-refractivity contribution is -0.119. The van der Waals surface area contributed by atoms with Gasteiger partial charge in [-0.15, -0.1) is 10.2 Å². The number of nitrogens with one attached hydrogen (secondary N) is 2. The highest BCUT2D eigenvalue weighted by Gasteiger charge is 2.23. The van der Waals surface area contributed by atoms with Crippen molar-refractivity contribution in [1.82, 2.24) is 15.5 Å². The van der Waals surface area contributed by atoms with Gasteiger partial charge in [-0.2, -0.15) is 0 Å². The second-order valence-electron chi connectivity index (χ2n) is 5.21. The van der Waals surface area contributed by atoms with E-state index in [0.29, 0.717) is 11.6 Å². The molecule has 1 aromatic heterocycles. The van der Waals surface area contributed by atoms with Crippen molar-refractivity contribution in [3.63, 3.8) is 0 Å². The fourth-order valence-electron chi connectivity index (χ4n) is 2.42. The van der Waals surface area contributed by atoms with Crippen LogP contribution in [0.3, 0.4) is 0 Å². The Morgan fingerprint density at radius 1 is 1.50 bits per heavy atom. The van der Waals surface area contributed by atoms with Crippen molar-refractivity contribution in [2.75, 3.05) is 25.5 Å². The molecule has 22 heavy (non-hydrogen) atoms. The van der Waals surface area contributed by atoms with E-state index in [9.17, 15) is 4.79 Å². The van der Waals surface area contributed by atoms with Gasteiger partial charge in [0.15, 0.2) is 0 Å². The van der Waals surface area contributed by atoms with Crippen molar-refractivity contribution < 1.29 is 9.53 Å². The highest BCUT2D eigenvalue weighted by molar-refractivity contribution is 7.15. The molecule has 1 aromatic carbocycles. The maximum atomic E-state index is 12.0. The molecule has 3 rings (SSSR count). The summed E-state index contributed by atoms with van der Waals surface area (Å²) in [6.45, 7) is 1.64. The SMILES string of the molecule is COc1cccc(Cc2nnc(NC(=O)C3CCNC3)s2)c1. The first-order valence-corrected chi connectivity index (χ1v) is 8.03. The van der Waals surface area contributed by atoms with E-state index in [0.717, 1.165) is 35.8 Å². The Bertz CT molecular complexity index is 652. The molecule has 0 aliphatic carbocycles. The molecule has 1 fully saturated rings. The summed E-state index contributed by atoms with van der Waals surface area (Å²) in [5.74, 6) is 0.879. The summed E-state index contributed by atoms with van der Waals surface area (Å²) >= 11 is 1.41. The van der Waals surface area contributed by atoms with E-state index in [1.807, 2.05) is 24.3 Å². The standard InChI is InChI=1S/C15H18N4O2S/c1-21-12-4-2-3-10(7-12)8-13-18-19-15(22-13)17-14(20)11-5-6-16-9-11/h2-4,7,11,16H,5-6,8-9H2,1H3,(H,17,19,20). The zero-order valence-electron chi connectivity index (χ0n) is 12.3. The summed E-state index contributed by atoms with van der Waals surface area (Å²) in [7, 11) is 1.65. The first-order chi connectivity index (χ1) is 10.7. The Balaban J connectivity index is 1.62. The van der Waals surface area contributed by atoms with Crippen LogP contribution in [-0.2, 0) is 11.2 Å². The zero-order valence-corrected chi connectivity index (χ0v) is 13.2. The molecule has 6 nitrogen and oxygen atoms in total. The molecular weight excluding hydrogens is 300 g/mol. The summed E-state index contributed by atoms with van der Waals surface area (Å²) in [4.78, 5) is 12.0. The van der Waals surface area contributed by atoms with E-state index in [-0.39, 0.29) is 11.8 Å². The molecule has 116 valence electrons. The second-order valence-corrected chi connectivity index (χ2v) is 6.27. The fraction of sp³-hybridized carbons (Fsp3) is 0.400. The highest BCUT2D eigenvalue weighted by Crippen LogP contribution is 2.21. The molecule has 1 amide bonds. The molecule has 1 atom stereocenters. The van der Waals surface area contributed by atoms with Crippen LogP contribution in [0.15, 0.2) is 24.3 Å². The van der Waals surface area contributed by atoms with E-state index in [1.54, 1.807) is 7.11 Å². The Morgan fingerprint density at radius 2 is 2.41 bits per heavy atom. The van der Waals surface area contributed by atoms with E-state index >= 15 is 0 Å². The van der Waals surface area contributed by atoms with E-state index in [1.165, 1.54) is 11.3 Å². The average molecular weight is 318 g/mol. The van der Waals surface area contributed by atoms with E-state index in [2.05, 4.69) is 20.8 Å². The molecule has 7 heteroatoms. The van der Waals surface area contributed by atoms with Crippen LogP contribution in [0.5, 0.6) is 5.75 Å². The van der Waals surface area contributed by atoms with Gasteiger partial charge < -0.3 is 15.4 Å². The lowest BCUT2D eigenvalue weighted by Gasteiger charge is -2.06. The minimum atomic E-state index is 0.0223. The third kappa shape index (κ3) is 3.61. The fourth-order valence-corrected chi connectivity index (χ4v) is 3.20. The molecule has 1 saturated heterocycles. The van der Waals surface area contributed by atoms with Crippen LogP contribution in [0.4, 0.5) is 5.13 Å². The average Bonchev–Trinajstić information content (AvgIpc) is 3.19. The van der Waals surface area contributed by atoms with Crippen LogP contribution in [0, 0.1) is 5.92 Å². The number of carbonyl (C=O) groups is 1. The number of hydrogen-bond donors (Lipinski definition) is 2. The van der Waals surface area contributed by atoms with Crippen LogP contribution >= 0.6 is 11.3 Å². The Labute approximate surface area is 132 Å². The normalized spacial score (nSPS) is 17.4. The number of rotatable bonds is 5. The van der Waals surface area contributed by atoms with Crippen molar-refractivity contribution in [1.29, 1.82) is 0 Å². The maximum Gasteiger partial charge on any atom is 0.230 e. The number of ether oxygens (including phenoxy) is 1. The molecule has 1 unspecified atom stereocenters. The monoisotopic (exact) mass is 318 g/mol. The summed E-state index contributed by atoms with van der Waals surface area (Å²) in [5.41, 5.74) is 1.10. The third-order valence-corrected chi connectivity index (χ3v) is 4.46. The number of nitrogens with zero attached hydrogens (tertiary/aromatic N) is 2. The van der Waals surface area contributed by atoms with Crippen LogP contribution < -0.4 is 15.4 Å². The molecule has 0 bridgehead atoms. The van der Waals surface area contributed by atoms with Gasteiger partial charge in [-0.25, -0.2) is 0 Å². The molecule has 0 radical (unpaired) electrons. The van der Waals surface area contributed by atoms with E-state index < -0.39 is 0 Å². The molecule has 0 spiro atoms. The van der Waals surface area contributed by atoms with Crippen LogP contribution in [0.1, 0.15) is 17.0 Å². The molecule has 2 heterocycles. The summed E-state index contributed by atoms with van der Waals surface area (Å²) in [6, 6.07) is 7.85. The highest BCUT2D eigenvalue weighted by atomic mass is 32.1. The third-order valence-electron chi connectivity index (χ3n) is 3.62. The molecule has 2 N–H and O–H groups in total. The molecule has 1 aliphatic heterocycles. The van der Waals surface area contributed by atoms with Crippen molar-refractivity contribution >= 4 is 22.4 Å². The Kier molecular flexibility index (Phi) is 4.65. The van der Waals surface area contributed by atoms with Gasteiger partial charge in [0.1, 0.15) is 10.8 Å². The van der Waals surface area contributed by atoms with Gasteiger partial charge in [-0.05, 0) is 30.7 Å². The van der Waals surface area contributed by atoms with Crippen LogP contribution in [0.2, 0.25) is 0 Å². The van der Waals surface area contributed by atoms with E-state index in [4.69, 9.17) is 4.74 Å². The maximum absolute atomic E-state index is 12.0. The summed E-state index contributed by atoms with van der Waals surface area (Å²) in [5, 5.41) is 15.7. The zero-order chi connectivity index (χ0) is 15.4. The summed E-state index contributed by atoms with van der Waals surface area (Å²) in [6.07, 6.45) is 1.55. The second kappa shape index (κ2) is 6.85. The van der Waals surface area contributed by atoms with Gasteiger partial charge in [0, 0.05) is 13.0 Å². The quantitative estimate of drug-likeness (QED) is 0.877. The number of anilines is 1. The first-order valence-electron chi connectivity index (χ1n) is 7.21. The van der Waals surface area contributed by atoms with Crippen molar-refractivity contribution in [3.05, 3.63) is 34.8 Å². The topological polar surface area (TPSA) is 76.1 Å². The van der Waals surface area contributed by atoms with Gasteiger partial charge in [0.05, 0.1) is 13.0 Å². The number of aromatic nitrogens is 2. The molecular formula is C15H18N4O2S. The van der Waals surface area contributed by atoms with Gasteiger partial charge in [0.25, 0.3) is 0 Å². The van der Waals surface area contributed by atoms with Crippen LogP contribution in [-0.4, -0.2) is 36.3 Å². The first kappa shape index (κ1) is 14.9. The number of hydrogen-bond acceptors (Lipinski definition) is 6. The lowest BCUT2D eigenvalue weighted by atomic mass is 10.1. The van der Waals surface area contributed by atoms with Crippen molar-refractivity contribution in [3.8, 4) is 5.75 Å². The predicted octanol–water partition coefficient (Wildman–Crippen LogP) is 1.69. The number of methoxy groups -OCH3 is 1. The van der Waals surface area contributed by atoms with Gasteiger partial charge in [-0.3, -0.25) is 4.79 Å².